The first kappa shape index (κ1) is 21.9. The monoisotopic (exact) mass is 438 g/mol. The van der Waals surface area contributed by atoms with Gasteiger partial charge in [0.05, 0.1) is 32.7 Å². The lowest BCUT2D eigenvalue weighted by Gasteiger charge is -2.28. The van der Waals surface area contributed by atoms with Crippen LogP contribution >= 0.6 is 11.8 Å². The Morgan fingerprint density at radius 1 is 1.13 bits per heavy atom. The fraction of sp³-hybridized carbons (Fsp3) is 0.400. The van der Waals surface area contributed by atoms with E-state index in [-0.39, 0.29) is 6.10 Å². The van der Waals surface area contributed by atoms with Gasteiger partial charge in [0.2, 0.25) is 0 Å². The zero-order valence-electron chi connectivity index (χ0n) is 18.2. The summed E-state index contributed by atoms with van der Waals surface area (Å²) in [4.78, 5) is 4.17. The van der Waals surface area contributed by atoms with Crippen molar-refractivity contribution < 1.29 is 14.2 Å². The molecule has 2 heterocycles. The van der Waals surface area contributed by atoms with Gasteiger partial charge in [0.1, 0.15) is 5.75 Å². The molecule has 0 saturated carbocycles. The van der Waals surface area contributed by atoms with Gasteiger partial charge in [-0.25, -0.2) is 4.98 Å². The van der Waals surface area contributed by atoms with Gasteiger partial charge in [0.15, 0.2) is 5.79 Å². The minimum absolute atomic E-state index is 0.0924. The molecule has 1 aliphatic heterocycles. The maximum absolute atomic E-state index is 6.53. The number of ether oxygens (including phenoxy) is 3. The van der Waals surface area contributed by atoms with Crippen molar-refractivity contribution in [2.45, 2.75) is 44.0 Å². The van der Waals surface area contributed by atoms with Crippen molar-refractivity contribution >= 4 is 11.8 Å². The molecule has 0 bridgehead atoms. The van der Waals surface area contributed by atoms with E-state index in [0.29, 0.717) is 13.2 Å². The summed E-state index contributed by atoms with van der Waals surface area (Å²) in [7, 11) is 1.69. The summed E-state index contributed by atoms with van der Waals surface area (Å²) in [5, 5.41) is 0. The van der Waals surface area contributed by atoms with Crippen molar-refractivity contribution in [2.75, 3.05) is 19.5 Å². The first-order valence-electron chi connectivity index (χ1n) is 10.7. The van der Waals surface area contributed by atoms with E-state index in [1.807, 2.05) is 41.0 Å². The van der Waals surface area contributed by atoms with Crippen LogP contribution in [-0.2, 0) is 28.2 Å². The number of benzene rings is 2. The predicted octanol–water partition coefficient (Wildman–Crippen LogP) is 4.88. The summed E-state index contributed by atoms with van der Waals surface area (Å²) in [6, 6.07) is 16.9. The van der Waals surface area contributed by atoms with Crippen LogP contribution in [-0.4, -0.2) is 40.9 Å². The Hall–Kier alpha value is -2.28. The van der Waals surface area contributed by atoms with Crippen LogP contribution in [0.5, 0.6) is 5.75 Å². The molecule has 0 radical (unpaired) electrons. The quantitative estimate of drug-likeness (QED) is 0.452. The highest BCUT2D eigenvalue weighted by molar-refractivity contribution is 7.98. The Balaban J connectivity index is 1.35. The van der Waals surface area contributed by atoms with Crippen LogP contribution in [0, 0.1) is 6.92 Å². The second kappa shape index (κ2) is 10.4. The third-order valence-electron chi connectivity index (χ3n) is 5.54. The van der Waals surface area contributed by atoms with Crippen molar-refractivity contribution in [1.29, 1.82) is 0 Å². The van der Waals surface area contributed by atoms with Crippen molar-refractivity contribution in [2.24, 2.45) is 0 Å². The number of hydrogen-bond acceptors (Lipinski definition) is 5. The van der Waals surface area contributed by atoms with Crippen LogP contribution in [0.3, 0.4) is 0 Å². The van der Waals surface area contributed by atoms with E-state index in [0.717, 1.165) is 30.1 Å². The molecule has 1 aliphatic rings. The number of hydrogen-bond donors (Lipinski definition) is 0. The lowest BCUT2D eigenvalue weighted by Crippen LogP contribution is -2.37. The molecule has 1 fully saturated rings. The molecule has 3 aromatic rings. The third kappa shape index (κ3) is 6.12. The Morgan fingerprint density at radius 3 is 2.61 bits per heavy atom. The largest absolute Gasteiger partial charge is 0.497 e. The van der Waals surface area contributed by atoms with E-state index in [9.17, 15) is 0 Å². The van der Waals surface area contributed by atoms with Crippen LogP contribution in [0.25, 0.3) is 0 Å². The number of aromatic nitrogens is 2. The van der Waals surface area contributed by atoms with Crippen LogP contribution in [0.15, 0.2) is 67.3 Å². The van der Waals surface area contributed by atoms with E-state index in [1.165, 1.54) is 16.7 Å². The molecule has 0 amide bonds. The molecule has 4 rings (SSSR count). The molecule has 31 heavy (non-hydrogen) atoms. The standard InChI is InChI=1S/C25H30N2O3S/c1-20-3-5-22(6-4-20)16-31-17-24-15-29-25(30-24,18-27-14-13-26-19-27)12-11-21-7-9-23(28-2)10-8-21/h3-10,13-14,19,24H,11-12,15-18H2,1-2H3. The molecule has 2 unspecified atom stereocenters. The van der Waals surface area contributed by atoms with Gasteiger partial charge in [-0.2, -0.15) is 11.8 Å². The smallest absolute Gasteiger partial charge is 0.187 e. The van der Waals surface area contributed by atoms with Crippen molar-refractivity contribution in [3.05, 3.63) is 83.9 Å². The molecule has 5 nitrogen and oxygen atoms in total. The van der Waals surface area contributed by atoms with Crippen LogP contribution < -0.4 is 4.74 Å². The van der Waals surface area contributed by atoms with Crippen LogP contribution in [0.4, 0.5) is 0 Å². The van der Waals surface area contributed by atoms with Gasteiger partial charge in [0.25, 0.3) is 0 Å². The SMILES string of the molecule is COc1ccc(CCC2(Cn3ccnc3)OCC(CSCc3ccc(C)cc3)O2)cc1. The highest BCUT2D eigenvalue weighted by Crippen LogP contribution is 2.32. The first-order valence-corrected chi connectivity index (χ1v) is 11.8. The Morgan fingerprint density at radius 2 is 1.90 bits per heavy atom. The van der Waals surface area contributed by atoms with Gasteiger partial charge in [-0.1, -0.05) is 42.0 Å². The number of rotatable bonds is 10. The topological polar surface area (TPSA) is 45.5 Å². The Kier molecular flexibility index (Phi) is 7.33. The number of nitrogens with zero attached hydrogens (tertiary/aromatic N) is 2. The van der Waals surface area contributed by atoms with E-state index in [1.54, 1.807) is 13.3 Å². The van der Waals surface area contributed by atoms with Crippen LogP contribution in [0.2, 0.25) is 0 Å². The number of imidazole rings is 1. The molecule has 164 valence electrons. The normalized spacial score (nSPS) is 20.8. The molecule has 0 N–H and O–H groups in total. The Labute approximate surface area is 188 Å². The molecule has 2 aromatic carbocycles. The van der Waals surface area contributed by atoms with Gasteiger partial charge in [-0.3, -0.25) is 0 Å². The molecule has 0 aliphatic carbocycles. The number of thioether (sulfide) groups is 1. The summed E-state index contributed by atoms with van der Waals surface area (Å²) < 4.78 is 20.1. The van der Waals surface area contributed by atoms with E-state index < -0.39 is 5.79 Å². The number of aryl methyl sites for hydroxylation is 2. The molecule has 1 aromatic heterocycles. The summed E-state index contributed by atoms with van der Waals surface area (Å²) >= 11 is 1.90. The minimum atomic E-state index is -0.629. The van der Waals surface area contributed by atoms with Gasteiger partial charge in [0, 0.05) is 30.3 Å². The molecule has 1 saturated heterocycles. The van der Waals surface area contributed by atoms with Crippen molar-refractivity contribution in [3.8, 4) is 5.75 Å². The summed E-state index contributed by atoms with van der Waals surface area (Å²) in [5.41, 5.74) is 3.89. The summed E-state index contributed by atoms with van der Waals surface area (Å²) in [6.45, 7) is 3.38. The second-order valence-corrected chi connectivity index (χ2v) is 9.08. The average molecular weight is 439 g/mol. The fourth-order valence-corrected chi connectivity index (χ4v) is 4.74. The molecule has 0 spiro atoms. The van der Waals surface area contributed by atoms with Gasteiger partial charge in [-0.05, 0) is 36.6 Å². The minimum Gasteiger partial charge on any atom is -0.497 e. The predicted molar refractivity (Wildman–Crippen MR) is 124 cm³/mol. The highest BCUT2D eigenvalue weighted by Gasteiger charge is 2.41. The molecular formula is C25H30N2O3S. The van der Waals surface area contributed by atoms with Crippen molar-refractivity contribution in [3.63, 3.8) is 0 Å². The lowest BCUT2D eigenvalue weighted by molar-refractivity contribution is -0.180. The van der Waals surface area contributed by atoms with Gasteiger partial charge < -0.3 is 18.8 Å². The molecule has 2 atom stereocenters. The number of methoxy groups -OCH3 is 1. The molecular weight excluding hydrogens is 408 g/mol. The maximum Gasteiger partial charge on any atom is 0.187 e. The van der Waals surface area contributed by atoms with Crippen molar-refractivity contribution in [1.82, 2.24) is 9.55 Å². The molecule has 6 heteroatoms. The summed E-state index contributed by atoms with van der Waals surface area (Å²) in [6.07, 6.45) is 7.33. The Bertz CT molecular complexity index is 928. The third-order valence-corrected chi connectivity index (χ3v) is 6.69. The van der Waals surface area contributed by atoms with E-state index in [2.05, 4.69) is 48.3 Å². The van der Waals surface area contributed by atoms with E-state index >= 15 is 0 Å². The zero-order valence-corrected chi connectivity index (χ0v) is 19.0. The average Bonchev–Trinajstić information content (AvgIpc) is 3.45. The zero-order chi connectivity index (χ0) is 21.5. The lowest BCUT2D eigenvalue weighted by atomic mass is 10.0. The maximum atomic E-state index is 6.53. The van der Waals surface area contributed by atoms with Crippen LogP contribution in [0.1, 0.15) is 23.1 Å². The second-order valence-electron chi connectivity index (χ2n) is 8.05. The highest BCUT2D eigenvalue weighted by atomic mass is 32.2. The first-order chi connectivity index (χ1) is 15.1. The van der Waals surface area contributed by atoms with E-state index in [4.69, 9.17) is 14.2 Å². The summed E-state index contributed by atoms with van der Waals surface area (Å²) in [5.74, 6) is 2.15. The van der Waals surface area contributed by atoms with Gasteiger partial charge >= 0.3 is 0 Å². The van der Waals surface area contributed by atoms with Gasteiger partial charge in [-0.15, -0.1) is 0 Å². The fourth-order valence-electron chi connectivity index (χ4n) is 3.77.